The van der Waals surface area contributed by atoms with Gasteiger partial charge in [-0.25, -0.2) is 4.39 Å². The van der Waals surface area contributed by atoms with Gasteiger partial charge in [0, 0.05) is 11.0 Å². The summed E-state index contributed by atoms with van der Waals surface area (Å²) in [6.45, 7) is 2.96. The van der Waals surface area contributed by atoms with Gasteiger partial charge in [0.1, 0.15) is 0 Å². The van der Waals surface area contributed by atoms with Crippen LogP contribution in [0.5, 0.6) is 11.5 Å². The van der Waals surface area contributed by atoms with Gasteiger partial charge < -0.3 is 14.9 Å². The van der Waals surface area contributed by atoms with E-state index in [0.29, 0.717) is 0 Å². The topological polar surface area (TPSA) is 66.8 Å². The smallest absolute Gasteiger partial charge is 0.304 e. The van der Waals surface area contributed by atoms with Gasteiger partial charge in [0.05, 0.1) is 13.5 Å². The van der Waals surface area contributed by atoms with Gasteiger partial charge in [-0.3, -0.25) is 4.79 Å². The molecule has 0 amide bonds. The molecule has 6 heteroatoms. The quantitative estimate of drug-likeness (QED) is 0.872. The number of carboxylic acids is 1. The van der Waals surface area contributed by atoms with Crippen molar-refractivity contribution in [3.8, 4) is 11.5 Å². The van der Waals surface area contributed by atoms with Crippen molar-refractivity contribution in [1.29, 1.82) is 0 Å². The van der Waals surface area contributed by atoms with Crippen LogP contribution in [0.4, 0.5) is 8.78 Å². The fourth-order valence-electron chi connectivity index (χ4n) is 1.71. The number of hydrogen-bond donors (Lipinski definition) is 2. The standard InChI is InChI=1S/C12H14F2O4/c1-12(2,5-8(15)16)6-4-7(18-3)10(14)11(17)9(6)13/h4,17H,5H2,1-3H3,(H,15,16). The third kappa shape index (κ3) is 2.52. The number of aliphatic carboxylic acids is 1. The Balaban J connectivity index is 3.41. The first-order valence-electron chi connectivity index (χ1n) is 5.18. The third-order valence-electron chi connectivity index (χ3n) is 2.69. The summed E-state index contributed by atoms with van der Waals surface area (Å²) in [4.78, 5) is 10.7. The zero-order valence-corrected chi connectivity index (χ0v) is 10.3. The highest BCUT2D eigenvalue weighted by molar-refractivity contribution is 5.69. The summed E-state index contributed by atoms with van der Waals surface area (Å²) in [6.07, 6.45) is -0.363. The van der Waals surface area contributed by atoms with E-state index in [1.807, 2.05) is 0 Å². The van der Waals surface area contributed by atoms with E-state index >= 15 is 0 Å². The molecule has 18 heavy (non-hydrogen) atoms. The van der Waals surface area contributed by atoms with Crippen LogP contribution in [0, 0.1) is 11.6 Å². The highest BCUT2D eigenvalue weighted by Crippen LogP contribution is 2.38. The molecule has 0 saturated heterocycles. The monoisotopic (exact) mass is 260 g/mol. The summed E-state index contributed by atoms with van der Waals surface area (Å²) in [6, 6.07) is 1.06. The van der Waals surface area contributed by atoms with Crippen molar-refractivity contribution in [2.45, 2.75) is 25.7 Å². The Morgan fingerprint density at radius 1 is 1.39 bits per heavy atom. The molecule has 4 nitrogen and oxygen atoms in total. The van der Waals surface area contributed by atoms with Crippen LogP contribution in [0.15, 0.2) is 6.07 Å². The highest BCUT2D eigenvalue weighted by atomic mass is 19.1. The maximum absolute atomic E-state index is 13.8. The summed E-state index contributed by atoms with van der Waals surface area (Å²) in [5, 5.41) is 18.1. The predicted octanol–water partition coefficient (Wildman–Crippen LogP) is 2.43. The van der Waals surface area contributed by atoms with Crippen molar-refractivity contribution in [2.75, 3.05) is 7.11 Å². The maximum atomic E-state index is 13.8. The summed E-state index contributed by atoms with van der Waals surface area (Å²) < 4.78 is 31.8. The number of phenolic OH excluding ortho intramolecular Hbond substituents is 1. The minimum atomic E-state index is -1.20. The molecule has 1 aromatic carbocycles. The largest absolute Gasteiger partial charge is 0.503 e. The highest BCUT2D eigenvalue weighted by Gasteiger charge is 2.31. The number of methoxy groups -OCH3 is 1. The van der Waals surface area contributed by atoms with Crippen LogP contribution in [0.25, 0.3) is 0 Å². The second-order valence-electron chi connectivity index (χ2n) is 4.56. The minimum absolute atomic E-state index is 0.111. The molecule has 0 saturated carbocycles. The molecular formula is C12H14F2O4. The van der Waals surface area contributed by atoms with E-state index in [-0.39, 0.29) is 17.7 Å². The number of carboxylic acid groups (broad SMARTS) is 1. The van der Waals surface area contributed by atoms with E-state index < -0.39 is 28.8 Å². The Labute approximate surface area is 103 Å². The number of aromatic hydroxyl groups is 1. The van der Waals surface area contributed by atoms with E-state index in [4.69, 9.17) is 5.11 Å². The van der Waals surface area contributed by atoms with Crippen LogP contribution in [-0.4, -0.2) is 23.3 Å². The average molecular weight is 260 g/mol. The third-order valence-corrected chi connectivity index (χ3v) is 2.69. The lowest BCUT2D eigenvalue weighted by atomic mass is 9.81. The first-order chi connectivity index (χ1) is 8.20. The number of ether oxygens (including phenoxy) is 1. The van der Waals surface area contributed by atoms with Crippen molar-refractivity contribution < 1.29 is 28.5 Å². The zero-order chi connectivity index (χ0) is 14.1. The molecular weight excluding hydrogens is 246 g/mol. The fourth-order valence-corrected chi connectivity index (χ4v) is 1.71. The van der Waals surface area contributed by atoms with E-state index in [0.717, 1.165) is 6.07 Å². The second-order valence-corrected chi connectivity index (χ2v) is 4.56. The minimum Gasteiger partial charge on any atom is -0.503 e. The molecule has 1 rings (SSSR count). The Kier molecular flexibility index (Phi) is 3.79. The lowest BCUT2D eigenvalue weighted by Crippen LogP contribution is -2.23. The Bertz CT molecular complexity index is 483. The summed E-state index contributed by atoms with van der Waals surface area (Å²) in [5.41, 5.74) is -1.21. The van der Waals surface area contributed by atoms with Crippen molar-refractivity contribution in [2.24, 2.45) is 0 Å². The summed E-state index contributed by atoms with van der Waals surface area (Å²) in [7, 11) is 1.17. The van der Waals surface area contributed by atoms with Gasteiger partial charge in [0.15, 0.2) is 17.3 Å². The average Bonchev–Trinajstić information content (AvgIpc) is 2.24. The Morgan fingerprint density at radius 3 is 2.39 bits per heavy atom. The Hall–Kier alpha value is -1.85. The lowest BCUT2D eigenvalue weighted by Gasteiger charge is -2.24. The zero-order valence-electron chi connectivity index (χ0n) is 10.3. The SMILES string of the molecule is COc1cc(C(C)(C)CC(=O)O)c(F)c(O)c1F. The molecule has 0 aromatic heterocycles. The van der Waals surface area contributed by atoms with Crippen LogP contribution in [0.1, 0.15) is 25.8 Å². The number of rotatable bonds is 4. The number of benzene rings is 1. The van der Waals surface area contributed by atoms with Gasteiger partial charge in [0.2, 0.25) is 5.82 Å². The molecule has 0 aliphatic rings. The predicted molar refractivity (Wildman–Crippen MR) is 59.9 cm³/mol. The molecule has 100 valence electrons. The van der Waals surface area contributed by atoms with Crippen LogP contribution >= 0.6 is 0 Å². The van der Waals surface area contributed by atoms with E-state index in [9.17, 15) is 18.7 Å². The molecule has 1 aromatic rings. The number of carbonyl (C=O) groups is 1. The molecule has 0 fully saturated rings. The lowest BCUT2D eigenvalue weighted by molar-refractivity contribution is -0.138. The number of hydrogen-bond acceptors (Lipinski definition) is 3. The first kappa shape index (κ1) is 14.2. The van der Waals surface area contributed by atoms with Crippen LogP contribution in [0.2, 0.25) is 0 Å². The van der Waals surface area contributed by atoms with Crippen molar-refractivity contribution in [3.05, 3.63) is 23.3 Å². The molecule has 0 heterocycles. The van der Waals surface area contributed by atoms with E-state index in [2.05, 4.69) is 4.74 Å². The second kappa shape index (κ2) is 4.80. The maximum Gasteiger partial charge on any atom is 0.304 e. The molecule has 2 N–H and O–H groups in total. The van der Waals surface area contributed by atoms with Gasteiger partial charge in [-0.1, -0.05) is 13.8 Å². The molecule has 0 bridgehead atoms. The molecule has 0 aliphatic heterocycles. The Morgan fingerprint density at radius 2 is 1.94 bits per heavy atom. The van der Waals surface area contributed by atoms with Gasteiger partial charge in [-0.15, -0.1) is 0 Å². The fraction of sp³-hybridized carbons (Fsp3) is 0.417. The molecule has 0 aliphatic carbocycles. The normalized spacial score (nSPS) is 11.4. The van der Waals surface area contributed by atoms with Crippen LogP contribution in [-0.2, 0) is 10.2 Å². The summed E-state index contributed by atoms with van der Waals surface area (Å²) >= 11 is 0. The van der Waals surface area contributed by atoms with Crippen molar-refractivity contribution in [3.63, 3.8) is 0 Å². The molecule has 0 radical (unpaired) electrons. The van der Waals surface area contributed by atoms with E-state index in [1.165, 1.54) is 21.0 Å². The number of halogens is 2. The van der Waals surface area contributed by atoms with Gasteiger partial charge in [0.25, 0.3) is 0 Å². The van der Waals surface area contributed by atoms with Gasteiger partial charge in [-0.05, 0) is 6.07 Å². The van der Waals surface area contributed by atoms with Crippen molar-refractivity contribution >= 4 is 5.97 Å². The molecule has 0 unspecified atom stereocenters. The summed E-state index contributed by atoms with van der Waals surface area (Å²) in [5.74, 6) is -4.99. The van der Waals surface area contributed by atoms with Gasteiger partial charge in [-0.2, -0.15) is 4.39 Å². The van der Waals surface area contributed by atoms with Crippen LogP contribution in [0.3, 0.4) is 0 Å². The first-order valence-corrected chi connectivity index (χ1v) is 5.18. The van der Waals surface area contributed by atoms with E-state index in [1.54, 1.807) is 0 Å². The van der Waals surface area contributed by atoms with Crippen molar-refractivity contribution in [1.82, 2.24) is 0 Å². The van der Waals surface area contributed by atoms with Crippen LogP contribution < -0.4 is 4.74 Å². The number of phenols is 1. The molecule has 0 atom stereocenters. The van der Waals surface area contributed by atoms with Gasteiger partial charge >= 0.3 is 5.97 Å². The molecule has 0 spiro atoms.